The SMILES string of the molecule is CCCCOC(=O)C1C(C)=NC2=C(C(=O)C[C@@H](c3ccccc3)C2)[C@@H]1c1ccccc1OCc1ccccc1. The third-order valence-electron chi connectivity index (χ3n) is 7.65. The van der Waals surface area contributed by atoms with Gasteiger partial charge in [0.05, 0.1) is 6.61 Å². The van der Waals surface area contributed by atoms with Crippen LogP contribution in [0.1, 0.15) is 68.1 Å². The fraction of sp³-hybridized carbons (Fsp3) is 0.324. The summed E-state index contributed by atoms with van der Waals surface area (Å²) in [5.74, 6) is -0.765. The second-order valence-electron chi connectivity index (χ2n) is 10.3. The highest BCUT2D eigenvalue weighted by molar-refractivity contribution is 6.09. The van der Waals surface area contributed by atoms with E-state index < -0.39 is 11.8 Å². The van der Waals surface area contributed by atoms with Gasteiger partial charge in [-0.05, 0) is 42.9 Å². The molecule has 0 spiro atoms. The van der Waals surface area contributed by atoms with Crippen LogP contribution in [0, 0.1) is 5.92 Å². The average Bonchev–Trinajstić information content (AvgIpc) is 2.96. The Morgan fingerprint density at radius 3 is 2.36 bits per heavy atom. The molecule has 2 aliphatic rings. The predicted octanol–water partition coefficient (Wildman–Crippen LogP) is 7.18. The number of esters is 1. The van der Waals surface area contributed by atoms with Crippen molar-refractivity contribution in [3.8, 4) is 5.75 Å². The molecule has 0 radical (unpaired) electrons. The van der Waals surface area contributed by atoms with Crippen LogP contribution in [0.15, 0.2) is 101 Å². The summed E-state index contributed by atoms with van der Waals surface area (Å²) in [6, 6.07) is 27.8. The smallest absolute Gasteiger partial charge is 0.315 e. The number of ketones is 1. The predicted molar refractivity (Wildman–Crippen MR) is 153 cm³/mol. The first-order valence-corrected chi connectivity index (χ1v) is 13.9. The molecule has 5 nitrogen and oxygen atoms in total. The highest BCUT2D eigenvalue weighted by Crippen LogP contribution is 2.48. The molecular formula is C34H35NO4. The fourth-order valence-corrected chi connectivity index (χ4v) is 5.67. The molecule has 0 fully saturated rings. The molecule has 0 saturated carbocycles. The van der Waals surface area contributed by atoms with Crippen molar-refractivity contribution in [1.82, 2.24) is 0 Å². The van der Waals surface area contributed by atoms with E-state index in [-0.39, 0.29) is 17.7 Å². The summed E-state index contributed by atoms with van der Waals surface area (Å²) in [7, 11) is 0. The number of hydrogen-bond acceptors (Lipinski definition) is 5. The van der Waals surface area contributed by atoms with E-state index in [0.29, 0.717) is 43.1 Å². The number of hydrogen-bond donors (Lipinski definition) is 0. The lowest BCUT2D eigenvalue weighted by molar-refractivity contribution is -0.146. The Labute approximate surface area is 230 Å². The van der Waals surface area contributed by atoms with Crippen LogP contribution in [0.3, 0.4) is 0 Å². The standard InChI is InChI=1S/C34H35NO4/c1-3-4-19-38-34(37)31-23(2)35-28-20-26(25-15-9-6-10-16-25)21-29(36)33(28)32(31)27-17-11-12-18-30(27)39-22-24-13-7-5-8-14-24/h5-18,26,31-32H,3-4,19-22H2,1-2H3/t26-,31?,32+/m0/s1. The number of para-hydroxylation sites is 1. The van der Waals surface area contributed by atoms with Gasteiger partial charge in [-0.25, -0.2) is 0 Å². The molecule has 200 valence electrons. The number of Topliss-reactive ketones (excluding diaryl/α,β-unsaturated/α-hetero) is 1. The largest absolute Gasteiger partial charge is 0.489 e. The first-order valence-electron chi connectivity index (χ1n) is 13.9. The zero-order valence-corrected chi connectivity index (χ0v) is 22.6. The molecular weight excluding hydrogens is 486 g/mol. The van der Waals surface area contributed by atoms with Crippen LogP contribution < -0.4 is 4.74 Å². The highest BCUT2D eigenvalue weighted by Gasteiger charge is 2.45. The van der Waals surface area contributed by atoms with E-state index in [1.165, 1.54) is 0 Å². The van der Waals surface area contributed by atoms with Crippen LogP contribution in [0.25, 0.3) is 0 Å². The van der Waals surface area contributed by atoms with E-state index in [2.05, 4.69) is 19.1 Å². The lowest BCUT2D eigenvalue weighted by Crippen LogP contribution is -2.38. The zero-order valence-electron chi connectivity index (χ0n) is 22.6. The first-order chi connectivity index (χ1) is 19.1. The van der Waals surface area contributed by atoms with Crippen LogP contribution in [0.5, 0.6) is 5.75 Å². The molecule has 0 N–H and O–H groups in total. The molecule has 0 bridgehead atoms. The van der Waals surface area contributed by atoms with Crippen LogP contribution in [0.4, 0.5) is 0 Å². The Hall–Kier alpha value is -3.99. The molecule has 0 aromatic heterocycles. The molecule has 1 aliphatic carbocycles. The molecule has 5 heteroatoms. The fourth-order valence-electron chi connectivity index (χ4n) is 5.67. The summed E-state index contributed by atoms with van der Waals surface area (Å²) in [6.45, 7) is 4.69. The van der Waals surface area contributed by atoms with Crippen molar-refractivity contribution in [2.24, 2.45) is 10.9 Å². The number of unbranched alkanes of at least 4 members (excludes halogenated alkanes) is 1. The molecule has 3 aromatic rings. The highest BCUT2D eigenvalue weighted by atomic mass is 16.5. The number of carbonyl (C=O) groups is 2. The van der Waals surface area contributed by atoms with Gasteiger partial charge in [0.25, 0.3) is 0 Å². The number of rotatable bonds is 9. The van der Waals surface area contributed by atoms with Crippen LogP contribution in [-0.4, -0.2) is 24.1 Å². The number of allylic oxidation sites excluding steroid dienone is 2. The maximum Gasteiger partial charge on any atom is 0.315 e. The molecule has 3 atom stereocenters. The van der Waals surface area contributed by atoms with Crippen LogP contribution in [0.2, 0.25) is 0 Å². The number of ether oxygens (including phenoxy) is 2. The van der Waals surface area contributed by atoms with Crippen molar-refractivity contribution in [3.05, 3.63) is 113 Å². The summed E-state index contributed by atoms with van der Waals surface area (Å²) in [5, 5.41) is 0. The minimum atomic E-state index is -0.681. The minimum absolute atomic E-state index is 0.0376. The number of nitrogens with zero attached hydrogens (tertiary/aromatic N) is 1. The Morgan fingerprint density at radius 1 is 0.923 bits per heavy atom. The topological polar surface area (TPSA) is 65.0 Å². The molecule has 0 amide bonds. The third-order valence-corrected chi connectivity index (χ3v) is 7.65. The van der Waals surface area contributed by atoms with Crippen LogP contribution in [-0.2, 0) is 20.9 Å². The lowest BCUT2D eigenvalue weighted by Gasteiger charge is -2.37. The van der Waals surface area contributed by atoms with Crippen LogP contribution >= 0.6 is 0 Å². The van der Waals surface area contributed by atoms with E-state index in [1.54, 1.807) is 0 Å². The van der Waals surface area contributed by atoms with Gasteiger partial charge in [-0.15, -0.1) is 0 Å². The van der Waals surface area contributed by atoms with Crippen molar-refractivity contribution in [2.45, 2.75) is 58.0 Å². The second kappa shape index (κ2) is 12.2. The number of aliphatic imine (C=N–C) groups is 1. The van der Waals surface area contributed by atoms with E-state index in [9.17, 15) is 9.59 Å². The van der Waals surface area contributed by atoms with Gasteiger partial charge < -0.3 is 9.47 Å². The van der Waals surface area contributed by atoms with Gasteiger partial charge in [-0.3, -0.25) is 14.6 Å². The van der Waals surface area contributed by atoms with Crippen molar-refractivity contribution < 1.29 is 19.1 Å². The Bertz CT molecular complexity index is 1380. The maximum absolute atomic E-state index is 13.9. The van der Waals surface area contributed by atoms with E-state index in [4.69, 9.17) is 14.5 Å². The second-order valence-corrected chi connectivity index (χ2v) is 10.3. The van der Waals surface area contributed by atoms with Crippen molar-refractivity contribution in [3.63, 3.8) is 0 Å². The van der Waals surface area contributed by atoms with Gasteiger partial charge in [-0.1, -0.05) is 92.2 Å². The molecule has 0 saturated heterocycles. The first kappa shape index (κ1) is 26.6. The maximum atomic E-state index is 13.9. The van der Waals surface area contributed by atoms with Crippen molar-refractivity contribution in [1.29, 1.82) is 0 Å². The van der Waals surface area contributed by atoms with E-state index in [0.717, 1.165) is 35.2 Å². The van der Waals surface area contributed by atoms with E-state index in [1.807, 2.05) is 79.7 Å². The number of benzene rings is 3. The van der Waals surface area contributed by atoms with Gasteiger partial charge >= 0.3 is 5.97 Å². The summed E-state index contributed by atoms with van der Waals surface area (Å²) in [5.41, 5.74) is 5.08. The molecule has 1 aliphatic heterocycles. The summed E-state index contributed by atoms with van der Waals surface area (Å²) >= 11 is 0. The molecule has 39 heavy (non-hydrogen) atoms. The quantitative estimate of drug-likeness (QED) is 0.221. The van der Waals surface area contributed by atoms with E-state index >= 15 is 0 Å². The van der Waals surface area contributed by atoms with Crippen molar-refractivity contribution >= 4 is 17.5 Å². The van der Waals surface area contributed by atoms with Gasteiger partial charge in [0.2, 0.25) is 0 Å². The minimum Gasteiger partial charge on any atom is -0.489 e. The van der Waals surface area contributed by atoms with Gasteiger partial charge in [0, 0.05) is 34.9 Å². The summed E-state index contributed by atoms with van der Waals surface area (Å²) in [4.78, 5) is 32.3. The monoisotopic (exact) mass is 521 g/mol. The normalized spacial score (nSPS) is 20.7. The summed E-state index contributed by atoms with van der Waals surface area (Å²) in [6.07, 6.45) is 2.77. The third kappa shape index (κ3) is 5.88. The Balaban J connectivity index is 1.55. The van der Waals surface area contributed by atoms with Gasteiger partial charge in [-0.2, -0.15) is 0 Å². The zero-order chi connectivity index (χ0) is 27.2. The molecule has 5 rings (SSSR count). The summed E-state index contributed by atoms with van der Waals surface area (Å²) < 4.78 is 12.0. The molecule has 3 aromatic carbocycles. The Morgan fingerprint density at radius 2 is 1.62 bits per heavy atom. The van der Waals surface area contributed by atoms with Gasteiger partial charge in [0.1, 0.15) is 18.3 Å². The van der Waals surface area contributed by atoms with Crippen molar-refractivity contribution in [2.75, 3.05) is 6.61 Å². The molecule has 1 heterocycles. The molecule has 1 unspecified atom stereocenters. The average molecular weight is 522 g/mol. The number of carbonyl (C=O) groups excluding carboxylic acids is 2. The lowest BCUT2D eigenvalue weighted by atomic mass is 9.69. The Kier molecular flexibility index (Phi) is 8.36. The van der Waals surface area contributed by atoms with Gasteiger partial charge in [0.15, 0.2) is 5.78 Å².